The van der Waals surface area contributed by atoms with Crippen LogP contribution >= 0.6 is 28.1 Å². The van der Waals surface area contributed by atoms with E-state index in [0.717, 1.165) is 26.8 Å². The zero-order valence-corrected chi connectivity index (χ0v) is 13.4. The van der Waals surface area contributed by atoms with Crippen LogP contribution in [0.4, 0.5) is 4.39 Å². The number of aryl methyl sites for hydroxylation is 2. The largest absolute Gasteiger partial charge is 0.330 e. The molecule has 0 atom stereocenters. The Morgan fingerprint density at radius 3 is 2.45 bits per heavy atom. The van der Waals surface area contributed by atoms with Crippen LogP contribution in [0.2, 0.25) is 0 Å². The number of benzene rings is 2. The van der Waals surface area contributed by atoms with Gasteiger partial charge in [-0.1, -0.05) is 15.9 Å². The van der Waals surface area contributed by atoms with E-state index in [2.05, 4.69) is 33.0 Å². The Labute approximate surface area is 129 Å². The van der Waals surface area contributed by atoms with Crippen molar-refractivity contribution in [3.05, 3.63) is 56.5 Å². The van der Waals surface area contributed by atoms with E-state index in [4.69, 9.17) is 12.2 Å². The van der Waals surface area contributed by atoms with Crippen molar-refractivity contribution in [1.29, 1.82) is 0 Å². The summed E-state index contributed by atoms with van der Waals surface area (Å²) >= 11 is 8.93. The molecule has 0 saturated heterocycles. The van der Waals surface area contributed by atoms with Gasteiger partial charge in [0.2, 0.25) is 0 Å². The number of nitrogens with zero attached hydrogens (tertiary/aromatic N) is 1. The van der Waals surface area contributed by atoms with Gasteiger partial charge < -0.3 is 4.98 Å². The summed E-state index contributed by atoms with van der Waals surface area (Å²) in [6.45, 7) is 4.08. The van der Waals surface area contributed by atoms with Gasteiger partial charge in [-0.3, -0.25) is 4.57 Å². The molecule has 0 amide bonds. The first-order valence-corrected chi connectivity index (χ1v) is 7.35. The predicted molar refractivity (Wildman–Crippen MR) is 85.6 cm³/mol. The zero-order chi connectivity index (χ0) is 14.4. The van der Waals surface area contributed by atoms with Crippen LogP contribution in [0, 0.1) is 24.4 Å². The molecule has 1 N–H and O–H groups in total. The number of rotatable bonds is 1. The third-order valence-corrected chi connectivity index (χ3v) is 4.86. The second kappa shape index (κ2) is 4.82. The van der Waals surface area contributed by atoms with Gasteiger partial charge in [0.25, 0.3) is 0 Å². The van der Waals surface area contributed by atoms with E-state index >= 15 is 0 Å². The highest BCUT2D eigenvalue weighted by atomic mass is 79.9. The van der Waals surface area contributed by atoms with Crippen molar-refractivity contribution >= 4 is 39.2 Å². The Morgan fingerprint density at radius 2 is 1.80 bits per heavy atom. The molecule has 3 rings (SSSR count). The summed E-state index contributed by atoms with van der Waals surface area (Å²) in [5.41, 5.74) is 4.83. The second-order valence-corrected chi connectivity index (χ2v) is 6.00. The quantitative estimate of drug-likeness (QED) is 0.597. The van der Waals surface area contributed by atoms with E-state index in [0.29, 0.717) is 10.3 Å². The maximum atomic E-state index is 13.3. The molecule has 20 heavy (non-hydrogen) atoms. The van der Waals surface area contributed by atoms with Crippen LogP contribution < -0.4 is 0 Å². The number of nitrogens with one attached hydrogen (secondary N) is 1. The lowest BCUT2D eigenvalue weighted by molar-refractivity contribution is 0.629. The molecular weight excluding hydrogens is 339 g/mol. The third-order valence-electron chi connectivity index (χ3n) is 3.32. The topological polar surface area (TPSA) is 20.7 Å². The predicted octanol–water partition coefficient (Wildman–Crippen LogP) is 5.21. The van der Waals surface area contributed by atoms with Crippen LogP contribution in [0.15, 0.2) is 34.8 Å². The molecule has 1 aromatic heterocycles. The normalized spacial score (nSPS) is 11.2. The number of aromatic amines is 1. The van der Waals surface area contributed by atoms with Gasteiger partial charge in [0.05, 0.1) is 11.0 Å². The fourth-order valence-electron chi connectivity index (χ4n) is 2.39. The van der Waals surface area contributed by atoms with Gasteiger partial charge in [0.1, 0.15) is 5.82 Å². The van der Waals surface area contributed by atoms with E-state index in [1.165, 1.54) is 12.1 Å². The first-order valence-electron chi connectivity index (χ1n) is 6.15. The Balaban J connectivity index is 2.35. The van der Waals surface area contributed by atoms with Gasteiger partial charge in [-0.2, -0.15) is 0 Å². The summed E-state index contributed by atoms with van der Waals surface area (Å²) in [7, 11) is 0. The Hall–Kier alpha value is -1.46. The van der Waals surface area contributed by atoms with Crippen LogP contribution in [0.3, 0.4) is 0 Å². The molecule has 0 bridgehead atoms. The lowest BCUT2D eigenvalue weighted by Gasteiger charge is -2.10. The number of aromatic nitrogens is 2. The SMILES string of the molecule is Cc1cc(-n2c(=S)[nH]c3cc(F)ccc32)cc(C)c1Br. The fraction of sp³-hybridized carbons (Fsp3) is 0.133. The van der Waals surface area contributed by atoms with Crippen LogP contribution in [-0.4, -0.2) is 9.55 Å². The minimum absolute atomic E-state index is 0.274. The number of H-pyrrole nitrogens is 1. The van der Waals surface area contributed by atoms with Gasteiger partial charge in [-0.05, 0) is 67.5 Å². The highest BCUT2D eigenvalue weighted by Gasteiger charge is 2.10. The number of fused-ring (bicyclic) bond motifs is 1. The molecule has 0 aliphatic rings. The molecular formula is C15H12BrFN2S. The highest BCUT2D eigenvalue weighted by Crippen LogP contribution is 2.27. The van der Waals surface area contributed by atoms with Crippen molar-refractivity contribution < 1.29 is 4.39 Å². The molecule has 0 aliphatic carbocycles. The number of imidazole rings is 1. The minimum Gasteiger partial charge on any atom is -0.330 e. The molecule has 0 unspecified atom stereocenters. The molecule has 0 spiro atoms. The number of halogens is 2. The molecule has 0 fully saturated rings. The van der Waals surface area contributed by atoms with Crippen LogP contribution in [0.5, 0.6) is 0 Å². The summed E-state index contributed by atoms with van der Waals surface area (Å²) in [5.74, 6) is -0.274. The monoisotopic (exact) mass is 350 g/mol. The van der Waals surface area contributed by atoms with E-state index < -0.39 is 0 Å². The molecule has 5 heteroatoms. The Bertz CT molecular complexity index is 856. The van der Waals surface area contributed by atoms with Crippen molar-refractivity contribution in [2.75, 3.05) is 0 Å². The first kappa shape index (κ1) is 13.5. The van der Waals surface area contributed by atoms with Crippen LogP contribution in [0.1, 0.15) is 11.1 Å². The van der Waals surface area contributed by atoms with E-state index in [9.17, 15) is 4.39 Å². The van der Waals surface area contributed by atoms with Crippen molar-refractivity contribution in [2.45, 2.75) is 13.8 Å². The molecule has 3 aromatic rings. The summed E-state index contributed by atoms with van der Waals surface area (Å²) in [5, 5.41) is 0. The van der Waals surface area contributed by atoms with Crippen LogP contribution in [0.25, 0.3) is 16.7 Å². The lowest BCUT2D eigenvalue weighted by Crippen LogP contribution is -1.96. The lowest BCUT2D eigenvalue weighted by atomic mass is 10.1. The fourth-order valence-corrected chi connectivity index (χ4v) is 2.93. The summed E-state index contributed by atoms with van der Waals surface area (Å²) < 4.78 is 16.9. The van der Waals surface area contributed by atoms with Gasteiger partial charge >= 0.3 is 0 Å². The number of hydrogen-bond donors (Lipinski definition) is 1. The van der Waals surface area contributed by atoms with Gasteiger partial charge in [-0.15, -0.1) is 0 Å². The second-order valence-electron chi connectivity index (χ2n) is 4.82. The first-order chi connectivity index (χ1) is 9.47. The summed E-state index contributed by atoms with van der Waals surface area (Å²) in [4.78, 5) is 3.05. The smallest absolute Gasteiger partial charge is 0.182 e. The van der Waals surface area contributed by atoms with Crippen molar-refractivity contribution in [3.63, 3.8) is 0 Å². The molecule has 0 aliphatic heterocycles. The van der Waals surface area contributed by atoms with E-state index in [1.807, 2.05) is 18.4 Å². The van der Waals surface area contributed by atoms with E-state index in [-0.39, 0.29) is 5.82 Å². The Kier molecular flexibility index (Phi) is 3.26. The average Bonchev–Trinajstić information content (AvgIpc) is 2.70. The molecule has 102 valence electrons. The van der Waals surface area contributed by atoms with Gasteiger partial charge in [0, 0.05) is 10.2 Å². The van der Waals surface area contributed by atoms with Crippen molar-refractivity contribution in [3.8, 4) is 5.69 Å². The third kappa shape index (κ3) is 2.11. The van der Waals surface area contributed by atoms with Gasteiger partial charge in [-0.25, -0.2) is 4.39 Å². The molecule has 0 saturated carbocycles. The number of hydrogen-bond acceptors (Lipinski definition) is 1. The summed E-state index contributed by atoms with van der Waals surface area (Å²) in [6.07, 6.45) is 0. The van der Waals surface area contributed by atoms with E-state index in [1.54, 1.807) is 6.07 Å². The van der Waals surface area contributed by atoms with Gasteiger partial charge in [0.15, 0.2) is 4.77 Å². The highest BCUT2D eigenvalue weighted by molar-refractivity contribution is 9.10. The molecule has 1 heterocycles. The standard InChI is InChI=1S/C15H12BrFN2S/c1-8-5-11(6-9(2)14(8)16)19-13-4-3-10(17)7-12(13)18-15(19)20/h3-7H,1-2H3,(H,18,20). The van der Waals surface area contributed by atoms with Crippen molar-refractivity contribution in [1.82, 2.24) is 9.55 Å². The molecule has 2 nitrogen and oxygen atoms in total. The van der Waals surface area contributed by atoms with Crippen molar-refractivity contribution in [2.24, 2.45) is 0 Å². The maximum Gasteiger partial charge on any atom is 0.182 e. The zero-order valence-electron chi connectivity index (χ0n) is 11.0. The average molecular weight is 351 g/mol. The maximum absolute atomic E-state index is 13.3. The molecule has 0 radical (unpaired) electrons. The molecule has 2 aromatic carbocycles. The van der Waals surface area contributed by atoms with Crippen LogP contribution in [-0.2, 0) is 0 Å². The minimum atomic E-state index is -0.274. The summed E-state index contributed by atoms with van der Waals surface area (Å²) in [6, 6.07) is 8.76. The Morgan fingerprint density at radius 1 is 1.15 bits per heavy atom.